The topological polar surface area (TPSA) is 24.9 Å². The maximum atomic E-state index is 6.03. The Kier molecular flexibility index (Phi) is 5.37. The maximum Gasteiger partial charge on any atom is 0.0636 e. The number of aromatic nitrogens is 1. The van der Waals surface area contributed by atoms with Crippen molar-refractivity contribution in [2.75, 3.05) is 6.54 Å². The number of nitrogens with one attached hydrogen (secondary N) is 1. The predicted octanol–water partition coefficient (Wildman–Crippen LogP) is 3.32. The summed E-state index contributed by atoms with van der Waals surface area (Å²) in [6.07, 6.45) is 3.59. The molecule has 0 aliphatic heterocycles. The van der Waals surface area contributed by atoms with E-state index in [1.807, 2.05) is 0 Å². The van der Waals surface area contributed by atoms with Crippen LogP contribution in [0.5, 0.6) is 0 Å². The summed E-state index contributed by atoms with van der Waals surface area (Å²) in [5.41, 5.74) is 0.900. The van der Waals surface area contributed by atoms with Crippen molar-refractivity contribution < 1.29 is 0 Å². The van der Waals surface area contributed by atoms with Crippen molar-refractivity contribution >= 4 is 23.2 Å². The largest absolute Gasteiger partial charge is 0.314 e. The van der Waals surface area contributed by atoms with Crippen molar-refractivity contribution in [1.29, 1.82) is 0 Å². The van der Waals surface area contributed by atoms with Crippen LogP contribution in [-0.2, 0) is 6.42 Å². The van der Waals surface area contributed by atoms with Gasteiger partial charge < -0.3 is 5.32 Å². The second-order valence-corrected chi connectivity index (χ2v) is 4.48. The van der Waals surface area contributed by atoms with Gasteiger partial charge in [0.2, 0.25) is 0 Å². The van der Waals surface area contributed by atoms with E-state index in [-0.39, 0.29) is 0 Å². The van der Waals surface area contributed by atoms with Crippen molar-refractivity contribution in [1.82, 2.24) is 10.3 Å². The molecule has 1 rings (SSSR count). The molecule has 0 saturated heterocycles. The van der Waals surface area contributed by atoms with Crippen molar-refractivity contribution in [3.8, 4) is 0 Å². The molecule has 15 heavy (non-hydrogen) atoms. The summed E-state index contributed by atoms with van der Waals surface area (Å²) in [7, 11) is 0. The fourth-order valence-corrected chi connectivity index (χ4v) is 1.80. The molecule has 4 heteroatoms. The second kappa shape index (κ2) is 6.31. The van der Waals surface area contributed by atoms with Crippen molar-refractivity contribution in [3.05, 3.63) is 28.0 Å². The molecule has 0 spiro atoms. The number of rotatable bonds is 5. The summed E-state index contributed by atoms with van der Waals surface area (Å²) < 4.78 is 0. The Morgan fingerprint density at radius 1 is 1.47 bits per heavy atom. The molecule has 0 saturated carbocycles. The van der Waals surface area contributed by atoms with E-state index in [0.717, 1.165) is 25.1 Å². The summed E-state index contributed by atoms with van der Waals surface area (Å²) in [6.45, 7) is 5.29. The molecule has 1 heterocycles. The molecule has 0 aromatic carbocycles. The molecule has 1 aromatic rings. The molecule has 0 aliphatic rings. The normalized spacial score (nSPS) is 12.8. The highest BCUT2D eigenvalue weighted by molar-refractivity contribution is 6.34. The lowest BCUT2D eigenvalue weighted by Crippen LogP contribution is -2.29. The van der Waals surface area contributed by atoms with Crippen LogP contribution in [0.25, 0.3) is 0 Å². The lowest BCUT2D eigenvalue weighted by atomic mass is 10.1. The van der Waals surface area contributed by atoms with Crippen LogP contribution in [0.15, 0.2) is 12.3 Å². The van der Waals surface area contributed by atoms with E-state index in [1.54, 1.807) is 12.3 Å². The predicted molar refractivity (Wildman–Crippen MR) is 65.7 cm³/mol. The van der Waals surface area contributed by atoms with E-state index in [1.165, 1.54) is 0 Å². The van der Waals surface area contributed by atoms with E-state index in [4.69, 9.17) is 23.2 Å². The van der Waals surface area contributed by atoms with Crippen LogP contribution in [0.1, 0.15) is 26.0 Å². The van der Waals surface area contributed by atoms with Crippen LogP contribution in [0.3, 0.4) is 0 Å². The van der Waals surface area contributed by atoms with Crippen molar-refractivity contribution in [2.24, 2.45) is 0 Å². The molecule has 2 nitrogen and oxygen atoms in total. The van der Waals surface area contributed by atoms with Crippen LogP contribution < -0.4 is 5.32 Å². The quantitative estimate of drug-likeness (QED) is 0.863. The minimum atomic E-state index is 0.385. The van der Waals surface area contributed by atoms with E-state index in [0.29, 0.717) is 16.1 Å². The molecule has 0 aliphatic carbocycles. The average molecular weight is 247 g/mol. The van der Waals surface area contributed by atoms with Crippen molar-refractivity contribution in [2.45, 2.75) is 32.7 Å². The molecule has 1 unspecified atom stereocenters. The van der Waals surface area contributed by atoms with Crippen LogP contribution in [0, 0.1) is 0 Å². The fraction of sp³-hybridized carbons (Fsp3) is 0.545. The van der Waals surface area contributed by atoms with E-state index < -0.39 is 0 Å². The SMILES string of the molecule is CCCNC(C)Cc1ncc(Cl)cc1Cl. The Bertz CT molecular complexity index is 315. The van der Waals surface area contributed by atoms with E-state index >= 15 is 0 Å². The third kappa shape index (κ3) is 4.37. The van der Waals surface area contributed by atoms with Gasteiger partial charge in [0.05, 0.1) is 15.7 Å². The monoisotopic (exact) mass is 246 g/mol. The van der Waals surface area contributed by atoms with Crippen LogP contribution >= 0.6 is 23.2 Å². The van der Waals surface area contributed by atoms with E-state index in [9.17, 15) is 0 Å². The van der Waals surface area contributed by atoms with Gasteiger partial charge in [-0.3, -0.25) is 4.98 Å². The molecular formula is C11H16Cl2N2. The number of halogens is 2. The minimum Gasteiger partial charge on any atom is -0.314 e. The number of pyridine rings is 1. The molecule has 0 bridgehead atoms. The highest BCUT2D eigenvalue weighted by Gasteiger charge is 2.07. The fourth-order valence-electron chi connectivity index (χ4n) is 1.35. The standard InChI is InChI=1S/C11H16Cl2N2/c1-3-4-14-8(2)5-11-10(13)6-9(12)7-15-11/h6-8,14H,3-5H2,1-2H3. The maximum absolute atomic E-state index is 6.03. The summed E-state index contributed by atoms with van der Waals surface area (Å²) in [4.78, 5) is 4.22. The summed E-state index contributed by atoms with van der Waals surface area (Å²) in [5.74, 6) is 0. The van der Waals surface area contributed by atoms with Crippen LogP contribution in [-0.4, -0.2) is 17.6 Å². The van der Waals surface area contributed by atoms with Gasteiger partial charge in [-0.05, 0) is 26.0 Å². The zero-order chi connectivity index (χ0) is 11.3. The second-order valence-electron chi connectivity index (χ2n) is 3.64. The van der Waals surface area contributed by atoms with Crippen LogP contribution in [0.4, 0.5) is 0 Å². The summed E-state index contributed by atoms with van der Waals surface area (Å²) in [5, 5.41) is 4.62. The van der Waals surface area contributed by atoms with Gasteiger partial charge in [0.1, 0.15) is 0 Å². The highest BCUT2D eigenvalue weighted by Crippen LogP contribution is 2.19. The number of hydrogen-bond donors (Lipinski definition) is 1. The third-order valence-corrected chi connectivity index (χ3v) is 2.66. The Morgan fingerprint density at radius 3 is 2.80 bits per heavy atom. The van der Waals surface area contributed by atoms with Gasteiger partial charge in [0.25, 0.3) is 0 Å². The first kappa shape index (κ1) is 12.8. The average Bonchev–Trinajstić information content (AvgIpc) is 2.19. The minimum absolute atomic E-state index is 0.385. The van der Waals surface area contributed by atoms with Gasteiger partial charge in [-0.1, -0.05) is 30.1 Å². The Balaban J connectivity index is 2.56. The molecular weight excluding hydrogens is 231 g/mol. The number of nitrogens with zero attached hydrogens (tertiary/aromatic N) is 1. The zero-order valence-electron chi connectivity index (χ0n) is 9.06. The van der Waals surface area contributed by atoms with Gasteiger partial charge >= 0.3 is 0 Å². The lowest BCUT2D eigenvalue weighted by Gasteiger charge is -2.13. The molecule has 1 atom stereocenters. The van der Waals surface area contributed by atoms with Gasteiger partial charge in [0, 0.05) is 18.7 Å². The molecule has 1 N–H and O–H groups in total. The van der Waals surface area contributed by atoms with Crippen LogP contribution in [0.2, 0.25) is 10.0 Å². The van der Waals surface area contributed by atoms with Gasteiger partial charge in [-0.15, -0.1) is 0 Å². The molecule has 84 valence electrons. The molecule has 0 amide bonds. The first-order chi connectivity index (χ1) is 7.13. The number of hydrogen-bond acceptors (Lipinski definition) is 2. The Morgan fingerprint density at radius 2 is 2.20 bits per heavy atom. The van der Waals surface area contributed by atoms with Gasteiger partial charge in [-0.25, -0.2) is 0 Å². The van der Waals surface area contributed by atoms with Crippen molar-refractivity contribution in [3.63, 3.8) is 0 Å². The van der Waals surface area contributed by atoms with E-state index in [2.05, 4.69) is 24.1 Å². The first-order valence-electron chi connectivity index (χ1n) is 5.16. The molecule has 1 aromatic heterocycles. The Labute approximate surface area is 101 Å². The zero-order valence-corrected chi connectivity index (χ0v) is 10.6. The Hall–Kier alpha value is -0.310. The summed E-state index contributed by atoms with van der Waals surface area (Å²) in [6, 6.07) is 2.12. The van der Waals surface area contributed by atoms with Gasteiger partial charge in [-0.2, -0.15) is 0 Å². The third-order valence-electron chi connectivity index (χ3n) is 2.13. The van der Waals surface area contributed by atoms with Gasteiger partial charge in [0.15, 0.2) is 0 Å². The first-order valence-corrected chi connectivity index (χ1v) is 5.92. The smallest absolute Gasteiger partial charge is 0.0636 e. The molecule has 0 fully saturated rings. The summed E-state index contributed by atoms with van der Waals surface area (Å²) >= 11 is 11.8. The highest BCUT2D eigenvalue weighted by atomic mass is 35.5. The molecule has 0 radical (unpaired) electrons. The lowest BCUT2D eigenvalue weighted by molar-refractivity contribution is 0.539.